The van der Waals surface area contributed by atoms with E-state index in [-0.39, 0.29) is 12.7 Å². The maximum atomic E-state index is 12.6. The first-order chi connectivity index (χ1) is 12.1. The second-order valence-corrected chi connectivity index (χ2v) is 6.13. The Balaban J connectivity index is 1.71. The molecule has 3 atom stereocenters. The molecule has 0 aromatic heterocycles. The number of rotatable bonds is 4. The Bertz CT molecular complexity index is 715. The van der Waals surface area contributed by atoms with E-state index in [0.29, 0.717) is 29.9 Å². The van der Waals surface area contributed by atoms with Crippen LogP contribution in [-0.4, -0.2) is 29.9 Å². The van der Waals surface area contributed by atoms with Crippen molar-refractivity contribution in [2.75, 3.05) is 6.79 Å². The molecule has 1 aromatic carbocycles. The van der Waals surface area contributed by atoms with E-state index in [1.807, 2.05) is 0 Å². The minimum atomic E-state index is -1.14. The van der Waals surface area contributed by atoms with Crippen molar-refractivity contribution in [2.45, 2.75) is 37.8 Å². The number of benzene rings is 1. The second kappa shape index (κ2) is 7.30. The number of amides is 2. The standard InChI is InChI=1S/C17H19N3O5/c18-8-13(10-5-6-14-15(7-10)25-9-24-14)19-16(21)11-3-1-2-4-12(11)20-17(22)23/h5-7,11-13,20H,1-4,9H2,(H,19,21)(H,22,23)/t11-,12-,13?/m1/s1. The number of carboxylic acid groups (broad SMARTS) is 1. The topological polar surface area (TPSA) is 121 Å². The Labute approximate surface area is 144 Å². The number of nitrogens with one attached hydrogen (secondary N) is 2. The third kappa shape index (κ3) is 3.76. The van der Waals surface area contributed by atoms with Crippen LogP contribution in [0.4, 0.5) is 4.79 Å². The summed E-state index contributed by atoms with van der Waals surface area (Å²) < 4.78 is 10.5. The summed E-state index contributed by atoms with van der Waals surface area (Å²) in [6, 6.07) is 5.88. The zero-order chi connectivity index (χ0) is 17.8. The number of fused-ring (bicyclic) bond motifs is 1. The van der Waals surface area contributed by atoms with Crippen molar-refractivity contribution in [1.82, 2.24) is 10.6 Å². The normalized spacial score (nSPS) is 22.5. The van der Waals surface area contributed by atoms with Crippen molar-refractivity contribution in [3.63, 3.8) is 0 Å². The van der Waals surface area contributed by atoms with Gasteiger partial charge in [-0.1, -0.05) is 18.9 Å². The Hall–Kier alpha value is -2.95. The zero-order valence-electron chi connectivity index (χ0n) is 13.5. The Morgan fingerprint density at radius 2 is 2.00 bits per heavy atom. The van der Waals surface area contributed by atoms with Gasteiger partial charge < -0.3 is 25.2 Å². The van der Waals surface area contributed by atoms with Gasteiger partial charge in [-0.25, -0.2) is 4.79 Å². The average molecular weight is 345 g/mol. The first-order valence-electron chi connectivity index (χ1n) is 8.17. The van der Waals surface area contributed by atoms with Crippen LogP contribution in [0.15, 0.2) is 18.2 Å². The molecular formula is C17H19N3O5. The van der Waals surface area contributed by atoms with E-state index in [2.05, 4.69) is 16.7 Å². The number of hydrogen-bond acceptors (Lipinski definition) is 5. The van der Waals surface area contributed by atoms with Gasteiger partial charge in [-0.2, -0.15) is 5.26 Å². The lowest BCUT2D eigenvalue weighted by Gasteiger charge is -2.31. The Kier molecular flexibility index (Phi) is 4.93. The van der Waals surface area contributed by atoms with E-state index in [9.17, 15) is 14.9 Å². The molecule has 2 amide bonds. The summed E-state index contributed by atoms with van der Waals surface area (Å²) in [7, 11) is 0. The molecule has 1 aliphatic carbocycles. The third-order valence-electron chi connectivity index (χ3n) is 4.56. The van der Waals surface area contributed by atoms with Crippen LogP contribution in [0.3, 0.4) is 0 Å². The molecule has 0 saturated heterocycles. The summed E-state index contributed by atoms with van der Waals surface area (Å²) in [5.41, 5.74) is 0.596. The van der Waals surface area contributed by atoms with Gasteiger partial charge in [0.1, 0.15) is 6.04 Å². The molecule has 8 nitrogen and oxygen atoms in total. The Morgan fingerprint density at radius 1 is 1.24 bits per heavy atom. The first-order valence-corrected chi connectivity index (χ1v) is 8.17. The molecule has 1 unspecified atom stereocenters. The number of nitriles is 1. The van der Waals surface area contributed by atoms with Crippen molar-refractivity contribution in [2.24, 2.45) is 5.92 Å². The molecule has 1 aliphatic heterocycles. The lowest BCUT2D eigenvalue weighted by atomic mass is 9.83. The summed E-state index contributed by atoms with van der Waals surface area (Å²) in [5, 5.41) is 23.5. The molecule has 25 heavy (non-hydrogen) atoms. The maximum absolute atomic E-state index is 12.6. The maximum Gasteiger partial charge on any atom is 0.404 e. The van der Waals surface area contributed by atoms with E-state index >= 15 is 0 Å². The molecule has 0 spiro atoms. The lowest BCUT2D eigenvalue weighted by molar-refractivity contribution is -0.127. The summed E-state index contributed by atoms with van der Waals surface area (Å²) >= 11 is 0. The zero-order valence-corrected chi connectivity index (χ0v) is 13.5. The molecular weight excluding hydrogens is 326 g/mol. The fourth-order valence-corrected chi connectivity index (χ4v) is 3.31. The molecule has 8 heteroatoms. The molecule has 1 saturated carbocycles. The molecule has 3 rings (SSSR count). The van der Waals surface area contributed by atoms with Crippen molar-refractivity contribution in [3.05, 3.63) is 23.8 Å². The number of ether oxygens (including phenoxy) is 2. The van der Waals surface area contributed by atoms with Gasteiger partial charge in [-0.3, -0.25) is 4.79 Å². The minimum absolute atomic E-state index is 0.132. The second-order valence-electron chi connectivity index (χ2n) is 6.13. The SMILES string of the molecule is N#CC(NC(=O)[C@@H]1CCCC[C@H]1NC(=O)O)c1ccc2c(c1)OCO2. The smallest absolute Gasteiger partial charge is 0.404 e. The fraction of sp³-hybridized carbons (Fsp3) is 0.471. The summed E-state index contributed by atoms with van der Waals surface area (Å²) in [4.78, 5) is 23.5. The largest absolute Gasteiger partial charge is 0.465 e. The monoisotopic (exact) mass is 345 g/mol. The molecule has 2 aliphatic rings. The van der Waals surface area contributed by atoms with E-state index < -0.39 is 24.1 Å². The van der Waals surface area contributed by atoms with Gasteiger partial charge >= 0.3 is 6.09 Å². The van der Waals surface area contributed by atoms with Gasteiger partial charge in [0.15, 0.2) is 11.5 Å². The fourth-order valence-electron chi connectivity index (χ4n) is 3.31. The number of hydrogen-bond donors (Lipinski definition) is 3. The van der Waals surface area contributed by atoms with Crippen LogP contribution in [0.2, 0.25) is 0 Å². The highest BCUT2D eigenvalue weighted by atomic mass is 16.7. The predicted octanol–water partition coefficient (Wildman–Crippen LogP) is 1.92. The average Bonchev–Trinajstić information content (AvgIpc) is 3.07. The van der Waals surface area contributed by atoms with Crippen LogP contribution in [0.5, 0.6) is 11.5 Å². The van der Waals surface area contributed by atoms with Crippen LogP contribution in [-0.2, 0) is 4.79 Å². The Morgan fingerprint density at radius 3 is 2.76 bits per heavy atom. The molecule has 1 aromatic rings. The van der Waals surface area contributed by atoms with Crippen molar-refractivity contribution < 1.29 is 24.2 Å². The summed E-state index contributed by atoms with van der Waals surface area (Å²) in [6.45, 7) is 0.132. The van der Waals surface area contributed by atoms with Crippen molar-refractivity contribution in [1.29, 1.82) is 5.26 Å². The van der Waals surface area contributed by atoms with Gasteiger partial charge in [0, 0.05) is 6.04 Å². The number of carbonyl (C=O) groups is 2. The van der Waals surface area contributed by atoms with E-state index in [1.54, 1.807) is 18.2 Å². The summed E-state index contributed by atoms with van der Waals surface area (Å²) in [5.74, 6) is 0.345. The van der Waals surface area contributed by atoms with Crippen molar-refractivity contribution >= 4 is 12.0 Å². The van der Waals surface area contributed by atoms with Crippen LogP contribution in [0.1, 0.15) is 37.3 Å². The van der Waals surface area contributed by atoms with Gasteiger partial charge in [0.05, 0.1) is 12.0 Å². The lowest BCUT2D eigenvalue weighted by Crippen LogP contribution is -2.48. The van der Waals surface area contributed by atoms with Gasteiger partial charge in [-0.05, 0) is 30.5 Å². The van der Waals surface area contributed by atoms with Gasteiger partial charge in [0.2, 0.25) is 12.7 Å². The molecule has 132 valence electrons. The van der Waals surface area contributed by atoms with Crippen LogP contribution >= 0.6 is 0 Å². The number of nitrogens with zero attached hydrogens (tertiary/aromatic N) is 1. The predicted molar refractivity (Wildman–Crippen MR) is 86.0 cm³/mol. The minimum Gasteiger partial charge on any atom is -0.465 e. The molecule has 1 fully saturated rings. The molecule has 0 radical (unpaired) electrons. The summed E-state index contributed by atoms with van der Waals surface area (Å²) in [6.07, 6.45) is 1.80. The van der Waals surface area contributed by atoms with Gasteiger partial charge in [-0.15, -0.1) is 0 Å². The first kappa shape index (κ1) is 16.9. The van der Waals surface area contributed by atoms with E-state index in [1.165, 1.54) is 0 Å². The van der Waals surface area contributed by atoms with Crippen LogP contribution in [0.25, 0.3) is 0 Å². The van der Waals surface area contributed by atoms with Crippen molar-refractivity contribution in [3.8, 4) is 17.6 Å². The van der Waals surface area contributed by atoms with Crippen LogP contribution < -0.4 is 20.1 Å². The highest BCUT2D eigenvalue weighted by molar-refractivity contribution is 5.81. The third-order valence-corrected chi connectivity index (χ3v) is 4.56. The van der Waals surface area contributed by atoms with Gasteiger partial charge in [0.25, 0.3) is 0 Å². The molecule has 3 N–H and O–H groups in total. The quantitative estimate of drug-likeness (QED) is 0.767. The van der Waals surface area contributed by atoms with E-state index in [4.69, 9.17) is 14.6 Å². The van der Waals surface area contributed by atoms with E-state index in [0.717, 1.165) is 12.8 Å². The molecule has 1 heterocycles. The number of carbonyl (C=O) groups excluding carboxylic acids is 1. The highest BCUT2D eigenvalue weighted by Crippen LogP contribution is 2.34. The van der Waals surface area contributed by atoms with Crippen LogP contribution in [0, 0.1) is 17.2 Å². The highest BCUT2D eigenvalue weighted by Gasteiger charge is 2.33. The molecule has 0 bridgehead atoms.